The fourth-order valence-corrected chi connectivity index (χ4v) is 1.43. The third kappa shape index (κ3) is 2.85. The van der Waals surface area contributed by atoms with Gasteiger partial charge in [0.25, 0.3) is 6.43 Å². The van der Waals surface area contributed by atoms with Crippen molar-refractivity contribution in [3.63, 3.8) is 0 Å². The number of hydrogen-bond acceptors (Lipinski definition) is 3. The van der Waals surface area contributed by atoms with Crippen LogP contribution in [0, 0.1) is 5.95 Å². The van der Waals surface area contributed by atoms with Gasteiger partial charge in [0.1, 0.15) is 5.15 Å². The van der Waals surface area contributed by atoms with Crippen LogP contribution in [-0.2, 0) is 16.0 Å². The van der Waals surface area contributed by atoms with E-state index in [9.17, 15) is 18.0 Å². The van der Waals surface area contributed by atoms with Gasteiger partial charge < -0.3 is 4.74 Å². The summed E-state index contributed by atoms with van der Waals surface area (Å²) in [5.41, 5.74) is -0.868. The molecule has 1 rings (SSSR count). The predicted molar refractivity (Wildman–Crippen MR) is 49.9 cm³/mol. The molecule has 1 aromatic rings. The summed E-state index contributed by atoms with van der Waals surface area (Å²) in [7, 11) is 1.10. The molecule has 0 aliphatic carbocycles. The second-order valence-electron chi connectivity index (χ2n) is 2.86. The lowest BCUT2D eigenvalue weighted by Crippen LogP contribution is -2.09. The average molecular weight is 254 g/mol. The third-order valence-corrected chi connectivity index (χ3v) is 2.14. The van der Waals surface area contributed by atoms with Crippen LogP contribution in [0.1, 0.15) is 17.6 Å². The lowest BCUT2D eigenvalue weighted by atomic mass is 10.1. The van der Waals surface area contributed by atoms with Crippen LogP contribution in [0.5, 0.6) is 0 Å². The first kappa shape index (κ1) is 12.8. The maximum atomic E-state index is 12.8. The van der Waals surface area contributed by atoms with Crippen LogP contribution in [0.4, 0.5) is 13.2 Å². The molecule has 0 atom stereocenters. The number of hydrogen-bond donors (Lipinski definition) is 0. The van der Waals surface area contributed by atoms with Crippen LogP contribution in [0.25, 0.3) is 0 Å². The first-order valence-corrected chi connectivity index (χ1v) is 4.53. The maximum Gasteiger partial charge on any atom is 0.309 e. The molecule has 0 amide bonds. The van der Waals surface area contributed by atoms with Crippen molar-refractivity contribution >= 4 is 17.6 Å². The van der Waals surface area contributed by atoms with E-state index in [0.717, 1.165) is 13.2 Å². The number of pyridine rings is 1. The summed E-state index contributed by atoms with van der Waals surface area (Å²) in [5.74, 6) is -1.78. The van der Waals surface area contributed by atoms with Crippen LogP contribution in [0.3, 0.4) is 0 Å². The van der Waals surface area contributed by atoms with E-state index >= 15 is 0 Å². The summed E-state index contributed by atoms with van der Waals surface area (Å²) in [6.45, 7) is 0. The number of halogens is 4. The van der Waals surface area contributed by atoms with Gasteiger partial charge in [0, 0.05) is 0 Å². The Labute approximate surface area is 94.2 Å². The molecule has 3 nitrogen and oxygen atoms in total. The highest BCUT2D eigenvalue weighted by atomic mass is 35.5. The van der Waals surface area contributed by atoms with E-state index in [2.05, 4.69) is 9.72 Å². The molecule has 0 aromatic carbocycles. The Morgan fingerprint density at radius 1 is 1.62 bits per heavy atom. The van der Waals surface area contributed by atoms with Crippen molar-refractivity contribution in [1.29, 1.82) is 0 Å². The number of carbonyl (C=O) groups excluding carboxylic acids is 1. The van der Waals surface area contributed by atoms with Gasteiger partial charge in [0.05, 0.1) is 19.1 Å². The fraction of sp³-hybridized carbons (Fsp3) is 0.333. The largest absolute Gasteiger partial charge is 0.469 e. The maximum absolute atomic E-state index is 12.8. The van der Waals surface area contributed by atoms with Crippen LogP contribution in [0.15, 0.2) is 6.07 Å². The molecular weight excluding hydrogens is 247 g/mol. The molecule has 0 fully saturated rings. The topological polar surface area (TPSA) is 39.2 Å². The molecule has 88 valence electrons. The molecule has 16 heavy (non-hydrogen) atoms. The van der Waals surface area contributed by atoms with Gasteiger partial charge in [-0.15, -0.1) is 0 Å². The van der Waals surface area contributed by atoms with Crippen LogP contribution in [-0.4, -0.2) is 18.1 Å². The van der Waals surface area contributed by atoms with Crippen molar-refractivity contribution in [2.45, 2.75) is 12.8 Å². The lowest BCUT2D eigenvalue weighted by Gasteiger charge is -2.09. The van der Waals surface area contributed by atoms with Crippen molar-refractivity contribution in [2.75, 3.05) is 7.11 Å². The first-order valence-electron chi connectivity index (χ1n) is 4.15. The van der Waals surface area contributed by atoms with Gasteiger partial charge in [0.2, 0.25) is 5.95 Å². The molecule has 0 radical (unpaired) electrons. The van der Waals surface area contributed by atoms with Crippen LogP contribution >= 0.6 is 11.6 Å². The summed E-state index contributed by atoms with van der Waals surface area (Å²) >= 11 is 5.37. The molecule has 0 bridgehead atoms. The van der Waals surface area contributed by atoms with E-state index < -0.39 is 35.5 Å². The predicted octanol–water partition coefficient (Wildman–Crippen LogP) is 2.53. The van der Waals surface area contributed by atoms with Crippen molar-refractivity contribution < 1.29 is 22.7 Å². The Balaban J connectivity index is 3.18. The number of methoxy groups -OCH3 is 1. The highest BCUT2D eigenvalue weighted by Crippen LogP contribution is 2.29. The molecule has 0 N–H and O–H groups in total. The third-order valence-electron chi connectivity index (χ3n) is 1.85. The summed E-state index contributed by atoms with van der Waals surface area (Å²) in [4.78, 5) is 14.0. The first-order chi connectivity index (χ1) is 7.45. The van der Waals surface area contributed by atoms with E-state index in [4.69, 9.17) is 11.6 Å². The second-order valence-corrected chi connectivity index (χ2v) is 3.22. The van der Waals surface area contributed by atoms with Gasteiger partial charge >= 0.3 is 5.97 Å². The monoisotopic (exact) mass is 253 g/mol. The fourth-order valence-electron chi connectivity index (χ4n) is 1.14. The van der Waals surface area contributed by atoms with E-state index in [0.29, 0.717) is 0 Å². The molecular formula is C9H7ClF3NO2. The zero-order valence-corrected chi connectivity index (χ0v) is 8.89. The number of aromatic nitrogens is 1. The molecule has 7 heteroatoms. The second kappa shape index (κ2) is 5.16. The zero-order valence-electron chi connectivity index (χ0n) is 8.14. The number of alkyl halides is 2. The number of ether oxygens (including phenoxy) is 1. The lowest BCUT2D eigenvalue weighted by molar-refractivity contribution is -0.139. The minimum absolute atomic E-state index is 0.223. The molecule has 0 unspecified atom stereocenters. The van der Waals surface area contributed by atoms with Gasteiger partial charge in [0.15, 0.2) is 0 Å². The molecule has 1 heterocycles. The van der Waals surface area contributed by atoms with Crippen molar-refractivity contribution in [2.24, 2.45) is 0 Å². The van der Waals surface area contributed by atoms with Crippen LogP contribution < -0.4 is 0 Å². The number of carbonyl (C=O) groups is 1. The van der Waals surface area contributed by atoms with Gasteiger partial charge in [-0.25, -0.2) is 13.8 Å². The molecule has 0 saturated heterocycles. The summed E-state index contributed by atoms with van der Waals surface area (Å²) in [6, 6.07) is 0.740. The van der Waals surface area contributed by atoms with E-state index in [-0.39, 0.29) is 5.56 Å². The van der Waals surface area contributed by atoms with Crippen LogP contribution in [0.2, 0.25) is 5.15 Å². The summed E-state index contributed by atoms with van der Waals surface area (Å²) in [5, 5.41) is -0.645. The Morgan fingerprint density at radius 3 is 2.75 bits per heavy atom. The minimum Gasteiger partial charge on any atom is -0.469 e. The number of nitrogens with zero attached hydrogens (tertiary/aromatic N) is 1. The zero-order chi connectivity index (χ0) is 12.3. The summed E-state index contributed by atoms with van der Waals surface area (Å²) in [6.07, 6.45) is -3.41. The number of rotatable bonds is 3. The smallest absolute Gasteiger partial charge is 0.309 e. The van der Waals surface area contributed by atoms with Crippen molar-refractivity contribution in [3.8, 4) is 0 Å². The summed E-state index contributed by atoms with van der Waals surface area (Å²) < 4.78 is 42.3. The Bertz CT molecular complexity index is 412. The highest BCUT2D eigenvalue weighted by molar-refractivity contribution is 6.30. The van der Waals surface area contributed by atoms with E-state index in [1.54, 1.807) is 0 Å². The normalized spacial score (nSPS) is 10.6. The van der Waals surface area contributed by atoms with Gasteiger partial charge in [-0.05, 0) is 11.6 Å². The molecule has 1 aromatic heterocycles. The standard InChI is InChI=1S/C9H7ClF3NO2/c1-16-6(15)3-4-2-5(11)14-8(10)7(4)9(12)13/h2,9H,3H2,1H3. The van der Waals surface area contributed by atoms with Gasteiger partial charge in [-0.1, -0.05) is 11.6 Å². The molecule has 0 aliphatic heterocycles. The average Bonchev–Trinajstić information content (AvgIpc) is 2.15. The van der Waals surface area contributed by atoms with Gasteiger partial charge in [-0.3, -0.25) is 4.79 Å². The molecule has 0 aliphatic rings. The quantitative estimate of drug-likeness (QED) is 0.614. The van der Waals surface area contributed by atoms with E-state index in [1.807, 2.05) is 0 Å². The van der Waals surface area contributed by atoms with Gasteiger partial charge in [-0.2, -0.15) is 4.39 Å². The molecule has 0 saturated carbocycles. The highest BCUT2D eigenvalue weighted by Gasteiger charge is 2.21. The Kier molecular flexibility index (Phi) is 4.12. The van der Waals surface area contributed by atoms with Crippen molar-refractivity contribution in [3.05, 3.63) is 28.3 Å². The van der Waals surface area contributed by atoms with E-state index in [1.165, 1.54) is 0 Å². The number of esters is 1. The SMILES string of the molecule is COC(=O)Cc1cc(F)nc(Cl)c1C(F)F. The minimum atomic E-state index is -2.93. The Hall–Kier alpha value is -1.30. The molecule has 0 spiro atoms. The Morgan fingerprint density at radius 2 is 2.25 bits per heavy atom. The van der Waals surface area contributed by atoms with Crippen molar-refractivity contribution in [1.82, 2.24) is 4.98 Å².